The van der Waals surface area contributed by atoms with E-state index < -0.39 is 11.6 Å². The molecule has 0 radical (unpaired) electrons. The molecule has 0 aliphatic heterocycles. The van der Waals surface area contributed by atoms with Gasteiger partial charge in [-0.3, -0.25) is 4.79 Å². The quantitative estimate of drug-likeness (QED) is 0.465. The maximum atomic E-state index is 12.4. The van der Waals surface area contributed by atoms with Crippen LogP contribution in [0.3, 0.4) is 0 Å². The van der Waals surface area contributed by atoms with E-state index in [0.29, 0.717) is 39.3 Å². The van der Waals surface area contributed by atoms with Crippen molar-refractivity contribution >= 4 is 16.9 Å². The van der Waals surface area contributed by atoms with Gasteiger partial charge in [-0.2, -0.15) is 0 Å². The van der Waals surface area contributed by atoms with Crippen molar-refractivity contribution in [1.29, 1.82) is 0 Å². The number of rotatable bonds is 7. The molecule has 0 atom stereocenters. The molecule has 0 aliphatic carbocycles. The van der Waals surface area contributed by atoms with Gasteiger partial charge in [0.1, 0.15) is 17.9 Å². The van der Waals surface area contributed by atoms with Gasteiger partial charge in [-0.25, -0.2) is 4.79 Å². The lowest BCUT2D eigenvalue weighted by Gasteiger charge is -2.14. The first-order valence-corrected chi connectivity index (χ1v) is 9.07. The summed E-state index contributed by atoms with van der Waals surface area (Å²) in [6.45, 7) is 1.52. The number of phenolic OH excluding ortho intramolecular Hbond substituents is 1. The number of aromatic hydroxyl groups is 1. The number of esters is 1. The van der Waals surface area contributed by atoms with Crippen molar-refractivity contribution < 1.29 is 33.3 Å². The summed E-state index contributed by atoms with van der Waals surface area (Å²) in [5, 5.41) is 10.4. The summed E-state index contributed by atoms with van der Waals surface area (Å²) in [4.78, 5) is 24.3. The number of aryl methyl sites for hydroxylation is 1. The average Bonchev–Trinajstić information content (AvgIpc) is 2.74. The highest BCUT2D eigenvalue weighted by atomic mass is 16.5. The molecule has 2 aromatic carbocycles. The van der Waals surface area contributed by atoms with Crippen LogP contribution < -0.4 is 19.8 Å². The molecule has 8 heteroatoms. The highest BCUT2D eigenvalue weighted by Crippen LogP contribution is 2.38. The lowest BCUT2D eigenvalue weighted by Crippen LogP contribution is -2.10. The van der Waals surface area contributed by atoms with Gasteiger partial charge in [-0.15, -0.1) is 0 Å². The monoisotopic (exact) mass is 414 g/mol. The van der Waals surface area contributed by atoms with Crippen LogP contribution in [0.25, 0.3) is 11.0 Å². The fourth-order valence-electron chi connectivity index (χ4n) is 3.15. The van der Waals surface area contributed by atoms with Crippen molar-refractivity contribution in [3.63, 3.8) is 0 Å². The van der Waals surface area contributed by atoms with Crippen LogP contribution >= 0.6 is 0 Å². The van der Waals surface area contributed by atoms with Crippen LogP contribution in [0, 0.1) is 6.92 Å². The van der Waals surface area contributed by atoms with E-state index in [0.717, 1.165) is 0 Å². The lowest BCUT2D eigenvalue weighted by atomic mass is 10.1. The Bertz CT molecular complexity index is 1120. The first kappa shape index (κ1) is 21.0. The van der Waals surface area contributed by atoms with Crippen molar-refractivity contribution in [3.8, 4) is 23.0 Å². The number of fused-ring (bicyclic) bond motifs is 1. The molecule has 0 amide bonds. The van der Waals surface area contributed by atoms with Gasteiger partial charge in [0.15, 0.2) is 11.5 Å². The molecule has 0 spiro atoms. The van der Waals surface area contributed by atoms with Gasteiger partial charge in [0.25, 0.3) is 0 Å². The van der Waals surface area contributed by atoms with Gasteiger partial charge in [0.2, 0.25) is 5.75 Å². The Labute approximate surface area is 172 Å². The minimum absolute atomic E-state index is 0.0159. The van der Waals surface area contributed by atoms with Crippen LogP contribution in [0.5, 0.6) is 23.0 Å². The van der Waals surface area contributed by atoms with Gasteiger partial charge < -0.3 is 28.5 Å². The molecule has 1 aromatic heterocycles. The number of carbonyl (C=O) groups excluding carboxylic acids is 1. The second-order valence-electron chi connectivity index (χ2n) is 6.55. The Morgan fingerprint density at radius 3 is 2.30 bits per heavy atom. The molecule has 0 bridgehead atoms. The number of benzene rings is 2. The SMILES string of the molecule is COc1cc(CC(=O)OCc2cc(=O)oc3c(C)c(O)ccc23)cc(OC)c1OC. The first-order chi connectivity index (χ1) is 14.4. The van der Waals surface area contributed by atoms with Gasteiger partial charge in [-0.1, -0.05) is 0 Å². The summed E-state index contributed by atoms with van der Waals surface area (Å²) in [7, 11) is 4.48. The van der Waals surface area contributed by atoms with E-state index in [4.69, 9.17) is 23.4 Å². The Morgan fingerprint density at radius 1 is 1.03 bits per heavy atom. The molecule has 3 rings (SSSR count). The molecule has 8 nitrogen and oxygen atoms in total. The number of phenols is 1. The third-order valence-corrected chi connectivity index (χ3v) is 4.68. The summed E-state index contributed by atoms with van der Waals surface area (Å²) in [6, 6.07) is 7.72. The Hall–Kier alpha value is -3.68. The minimum Gasteiger partial charge on any atom is -0.508 e. The molecule has 3 aromatic rings. The van der Waals surface area contributed by atoms with E-state index in [1.807, 2.05) is 0 Å². The van der Waals surface area contributed by atoms with E-state index in [1.165, 1.54) is 33.5 Å². The van der Waals surface area contributed by atoms with Crippen molar-refractivity contribution in [3.05, 3.63) is 57.4 Å². The molecule has 1 N–H and O–H groups in total. The zero-order valence-electron chi connectivity index (χ0n) is 17.1. The van der Waals surface area contributed by atoms with Crippen molar-refractivity contribution in [2.45, 2.75) is 20.0 Å². The summed E-state index contributed by atoms with van der Waals surface area (Å²) in [6.07, 6.45) is -0.0318. The van der Waals surface area contributed by atoms with Crippen LogP contribution in [-0.4, -0.2) is 32.4 Å². The zero-order chi connectivity index (χ0) is 21.8. The molecule has 0 saturated heterocycles. The largest absolute Gasteiger partial charge is 0.508 e. The molecule has 0 saturated carbocycles. The smallest absolute Gasteiger partial charge is 0.336 e. The van der Waals surface area contributed by atoms with E-state index in [-0.39, 0.29) is 24.4 Å². The fourth-order valence-corrected chi connectivity index (χ4v) is 3.15. The standard InChI is InChI=1S/C22H22O8/c1-12-16(23)6-5-15-14(10-20(25)30-21(12)15)11-29-19(24)9-13-7-17(26-2)22(28-4)18(8-13)27-3/h5-8,10,23H,9,11H2,1-4H3. The Balaban J connectivity index is 1.80. The highest BCUT2D eigenvalue weighted by molar-refractivity contribution is 5.85. The summed E-state index contributed by atoms with van der Waals surface area (Å²) in [5.74, 6) is 0.810. The Kier molecular flexibility index (Phi) is 6.15. The van der Waals surface area contributed by atoms with Crippen LogP contribution in [0.1, 0.15) is 16.7 Å². The fraction of sp³-hybridized carbons (Fsp3) is 0.273. The third-order valence-electron chi connectivity index (χ3n) is 4.68. The van der Waals surface area contributed by atoms with E-state index in [1.54, 1.807) is 25.1 Å². The molecule has 1 heterocycles. The predicted octanol–water partition coefficient (Wildman–Crippen LogP) is 3.12. The second-order valence-corrected chi connectivity index (χ2v) is 6.55. The normalized spacial score (nSPS) is 10.7. The van der Waals surface area contributed by atoms with E-state index in [9.17, 15) is 14.7 Å². The van der Waals surface area contributed by atoms with Crippen LogP contribution in [0.4, 0.5) is 0 Å². The maximum Gasteiger partial charge on any atom is 0.336 e. The summed E-state index contributed by atoms with van der Waals surface area (Å²) in [5.41, 5.74) is 1.22. The summed E-state index contributed by atoms with van der Waals surface area (Å²) < 4.78 is 26.4. The first-order valence-electron chi connectivity index (χ1n) is 9.07. The van der Waals surface area contributed by atoms with Gasteiger partial charge in [-0.05, 0) is 36.8 Å². The number of hydrogen-bond donors (Lipinski definition) is 1. The maximum absolute atomic E-state index is 12.4. The van der Waals surface area contributed by atoms with E-state index in [2.05, 4.69) is 0 Å². The van der Waals surface area contributed by atoms with Crippen LogP contribution in [-0.2, 0) is 22.6 Å². The minimum atomic E-state index is -0.591. The molecular formula is C22H22O8. The highest BCUT2D eigenvalue weighted by Gasteiger charge is 2.16. The molecule has 0 unspecified atom stereocenters. The Morgan fingerprint density at radius 2 is 1.70 bits per heavy atom. The van der Waals surface area contributed by atoms with Crippen LogP contribution in [0.15, 0.2) is 39.5 Å². The van der Waals surface area contributed by atoms with Crippen LogP contribution in [0.2, 0.25) is 0 Å². The third kappa shape index (κ3) is 4.17. The van der Waals surface area contributed by atoms with Crippen molar-refractivity contribution in [1.82, 2.24) is 0 Å². The molecule has 30 heavy (non-hydrogen) atoms. The number of carbonyl (C=O) groups is 1. The van der Waals surface area contributed by atoms with Crippen molar-refractivity contribution in [2.75, 3.05) is 21.3 Å². The average molecular weight is 414 g/mol. The van der Waals surface area contributed by atoms with Gasteiger partial charge in [0.05, 0.1) is 27.8 Å². The number of methoxy groups -OCH3 is 3. The second kappa shape index (κ2) is 8.77. The molecule has 158 valence electrons. The molecular weight excluding hydrogens is 392 g/mol. The van der Waals surface area contributed by atoms with Gasteiger partial charge in [0, 0.05) is 22.6 Å². The van der Waals surface area contributed by atoms with Gasteiger partial charge >= 0.3 is 11.6 Å². The topological polar surface area (TPSA) is 104 Å². The zero-order valence-corrected chi connectivity index (χ0v) is 17.1. The lowest BCUT2D eigenvalue weighted by molar-refractivity contribution is -0.144. The predicted molar refractivity (Wildman–Crippen MR) is 108 cm³/mol. The summed E-state index contributed by atoms with van der Waals surface area (Å²) >= 11 is 0. The van der Waals surface area contributed by atoms with E-state index >= 15 is 0 Å². The number of ether oxygens (including phenoxy) is 4. The molecule has 0 fully saturated rings. The van der Waals surface area contributed by atoms with Crippen molar-refractivity contribution in [2.24, 2.45) is 0 Å². The number of hydrogen-bond acceptors (Lipinski definition) is 8. The molecule has 0 aliphatic rings.